The monoisotopic (exact) mass is 258 g/mol. The van der Waals surface area contributed by atoms with Gasteiger partial charge in [-0.25, -0.2) is 0 Å². The fourth-order valence-electron chi connectivity index (χ4n) is 0. The zero-order valence-electron chi connectivity index (χ0n) is 1.63. The molecule has 0 heterocycles. The predicted molar refractivity (Wildman–Crippen MR) is 7.13 cm³/mol. The van der Waals surface area contributed by atoms with Crippen LogP contribution in [-0.4, -0.2) is 21.1 Å². The van der Waals surface area contributed by atoms with Crippen molar-refractivity contribution in [3.63, 3.8) is 0 Å². The standard InChI is InChI=1S/2O.Pd.Sn. The van der Waals surface area contributed by atoms with Gasteiger partial charge in [-0.1, -0.05) is 0 Å². The largest absolute Gasteiger partial charge is 0 e. The molecule has 0 aliphatic heterocycles. The summed E-state index contributed by atoms with van der Waals surface area (Å²) in [5, 5.41) is 0. The summed E-state index contributed by atoms with van der Waals surface area (Å²) < 4.78 is 17.1. The first kappa shape index (κ1) is 8.91. The molecule has 0 saturated heterocycles. The molecule has 26 valence electrons. The zero-order chi connectivity index (χ0) is 2.71. The molecule has 0 spiro atoms. The van der Waals surface area contributed by atoms with E-state index in [1.807, 2.05) is 0 Å². The Morgan fingerprint density at radius 2 is 1.25 bits per heavy atom. The number of hydrogen-bond acceptors (Lipinski definition) is 2. The van der Waals surface area contributed by atoms with Crippen LogP contribution in [0.2, 0.25) is 0 Å². The molecule has 0 amide bonds. The van der Waals surface area contributed by atoms with E-state index >= 15 is 0 Å². The van der Waals surface area contributed by atoms with Crippen LogP contribution < -0.4 is 0 Å². The maximum atomic E-state index is 8.54. The van der Waals surface area contributed by atoms with E-state index in [-0.39, 0.29) is 20.4 Å². The maximum Gasteiger partial charge on any atom is 0 e. The van der Waals surface area contributed by atoms with Crippen molar-refractivity contribution in [2.75, 3.05) is 0 Å². The fourth-order valence-corrected chi connectivity index (χ4v) is 0. The van der Waals surface area contributed by atoms with E-state index in [4.69, 9.17) is 6.15 Å². The van der Waals surface area contributed by atoms with Gasteiger partial charge in [0.15, 0.2) is 0 Å². The van der Waals surface area contributed by atoms with Crippen molar-refractivity contribution in [3.05, 3.63) is 0 Å². The van der Waals surface area contributed by atoms with E-state index < -0.39 is 21.1 Å². The van der Waals surface area contributed by atoms with Crippen molar-refractivity contribution in [2.45, 2.75) is 0 Å². The van der Waals surface area contributed by atoms with Crippen LogP contribution in [0.1, 0.15) is 0 Å². The second kappa shape index (κ2) is 8.96. The first-order chi connectivity index (χ1) is 1.41. The van der Waals surface area contributed by atoms with Gasteiger partial charge in [0, 0.05) is 20.4 Å². The number of rotatable bonds is 0. The summed E-state index contributed by atoms with van der Waals surface area (Å²) >= 11 is -2.27. The topological polar surface area (TPSA) is 34.1 Å². The van der Waals surface area contributed by atoms with Gasteiger partial charge in [-0.05, 0) is 0 Å². The Balaban J connectivity index is 0. The third-order valence-corrected chi connectivity index (χ3v) is 0. The van der Waals surface area contributed by atoms with E-state index in [0.29, 0.717) is 0 Å². The molecule has 2 nitrogen and oxygen atoms in total. The molecule has 4 heavy (non-hydrogen) atoms. The average molecular weight is 257 g/mol. The molecule has 0 saturated carbocycles. The molecular formula is O2PdSn. The smallest absolute Gasteiger partial charge is 0 e. The summed E-state index contributed by atoms with van der Waals surface area (Å²) in [5.41, 5.74) is 0. The van der Waals surface area contributed by atoms with E-state index in [1.165, 1.54) is 0 Å². The molecule has 0 N–H and O–H groups in total. The van der Waals surface area contributed by atoms with Gasteiger partial charge >= 0.3 is 27.3 Å². The van der Waals surface area contributed by atoms with Crippen LogP contribution in [0.5, 0.6) is 0 Å². The van der Waals surface area contributed by atoms with E-state index in [2.05, 4.69) is 0 Å². The molecule has 0 aromatic carbocycles. The fraction of sp³-hybridized carbons (Fsp3) is 0. The van der Waals surface area contributed by atoms with Gasteiger partial charge in [0.05, 0.1) is 0 Å². The van der Waals surface area contributed by atoms with Gasteiger partial charge in [-0.15, -0.1) is 0 Å². The van der Waals surface area contributed by atoms with Crippen LogP contribution in [0, 0.1) is 0 Å². The van der Waals surface area contributed by atoms with Gasteiger partial charge in [-0.3, -0.25) is 0 Å². The summed E-state index contributed by atoms with van der Waals surface area (Å²) in [6.45, 7) is 0. The molecule has 0 aromatic heterocycles. The summed E-state index contributed by atoms with van der Waals surface area (Å²) in [6, 6.07) is 0. The molecule has 4 heteroatoms. The van der Waals surface area contributed by atoms with Crippen LogP contribution >= 0.6 is 0 Å². The molecule has 0 fully saturated rings. The summed E-state index contributed by atoms with van der Waals surface area (Å²) in [5.74, 6) is 0. The predicted octanol–water partition coefficient (Wildman–Crippen LogP) is -0.621. The van der Waals surface area contributed by atoms with Gasteiger partial charge in [0.1, 0.15) is 0 Å². The Morgan fingerprint density at radius 1 is 1.25 bits per heavy atom. The normalized spacial score (nSPS) is 2.00. The van der Waals surface area contributed by atoms with Crippen molar-refractivity contribution >= 4 is 21.1 Å². The van der Waals surface area contributed by atoms with E-state index in [1.54, 1.807) is 0 Å². The minimum Gasteiger partial charge on any atom is 0 e. The van der Waals surface area contributed by atoms with Gasteiger partial charge < -0.3 is 0 Å². The molecule has 0 aliphatic carbocycles. The van der Waals surface area contributed by atoms with Crippen molar-refractivity contribution in [2.24, 2.45) is 0 Å². The van der Waals surface area contributed by atoms with Crippen LogP contribution in [0.3, 0.4) is 0 Å². The maximum absolute atomic E-state index is 8.54. The van der Waals surface area contributed by atoms with Gasteiger partial charge in [0.25, 0.3) is 0 Å². The van der Waals surface area contributed by atoms with E-state index in [9.17, 15) is 0 Å². The third kappa shape index (κ3) is 11.5. The van der Waals surface area contributed by atoms with Crippen LogP contribution in [0.25, 0.3) is 0 Å². The Morgan fingerprint density at radius 3 is 1.25 bits per heavy atom. The number of hydrogen-bond donors (Lipinski definition) is 0. The summed E-state index contributed by atoms with van der Waals surface area (Å²) in [4.78, 5) is 0. The summed E-state index contributed by atoms with van der Waals surface area (Å²) in [6.07, 6.45) is 0. The Labute approximate surface area is 47.6 Å². The second-order valence-corrected chi connectivity index (χ2v) is 0.559. The van der Waals surface area contributed by atoms with Crippen molar-refractivity contribution < 1.29 is 26.6 Å². The molecule has 0 rings (SSSR count). The molecule has 0 aromatic rings. The van der Waals surface area contributed by atoms with Crippen LogP contribution in [-0.2, 0) is 26.6 Å². The Bertz CT molecular complexity index is 27.0. The first-order valence-electron chi connectivity index (χ1n) is 0.408. The third-order valence-electron chi connectivity index (χ3n) is 0. The minimum absolute atomic E-state index is 0. The SMILES string of the molecule is [O]=[Sn]=[O].[Pd]. The Kier molecular flexibility index (Phi) is 19.9. The molecule has 0 aliphatic rings. The molecule has 0 unspecified atom stereocenters. The van der Waals surface area contributed by atoms with Crippen LogP contribution in [0.4, 0.5) is 0 Å². The summed E-state index contributed by atoms with van der Waals surface area (Å²) in [7, 11) is 0. The van der Waals surface area contributed by atoms with Gasteiger partial charge in [0.2, 0.25) is 0 Å². The Hall–Kier alpha value is 1.06. The first-order valence-corrected chi connectivity index (χ1v) is 2.74. The van der Waals surface area contributed by atoms with Crippen LogP contribution in [0.15, 0.2) is 0 Å². The van der Waals surface area contributed by atoms with Crippen molar-refractivity contribution in [1.29, 1.82) is 0 Å². The zero-order valence-corrected chi connectivity index (χ0v) is 6.04. The molecule has 0 radical (unpaired) electrons. The van der Waals surface area contributed by atoms with Crippen molar-refractivity contribution in [3.8, 4) is 0 Å². The molecular weight excluding hydrogens is 257 g/mol. The van der Waals surface area contributed by atoms with Gasteiger partial charge in [-0.2, -0.15) is 0 Å². The van der Waals surface area contributed by atoms with Crippen molar-refractivity contribution in [1.82, 2.24) is 0 Å². The van der Waals surface area contributed by atoms with E-state index in [0.717, 1.165) is 0 Å². The second-order valence-electron chi connectivity index (χ2n) is 0.0833. The minimum atomic E-state index is -2.27. The average Bonchev–Trinajstić information content (AvgIpc) is 0.918. The quantitative estimate of drug-likeness (QED) is 0.542. The molecule has 0 bridgehead atoms. The molecule has 0 atom stereocenters.